The van der Waals surface area contributed by atoms with Gasteiger partial charge in [-0.25, -0.2) is 18.4 Å². The lowest BCUT2D eigenvalue weighted by Gasteiger charge is -2.42. The third kappa shape index (κ3) is 5.76. The highest BCUT2D eigenvalue weighted by Crippen LogP contribution is 2.55. The summed E-state index contributed by atoms with van der Waals surface area (Å²) in [5.41, 5.74) is 2.19. The van der Waals surface area contributed by atoms with Crippen molar-refractivity contribution < 1.29 is 28.2 Å². The largest absolute Gasteiger partial charge is 0.506 e. The Morgan fingerprint density at radius 3 is 2.36 bits per heavy atom. The van der Waals surface area contributed by atoms with Crippen molar-refractivity contribution in [1.82, 2.24) is 4.90 Å². The molecular weight excluding hydrogens is 542 g/mol. The minimum atomic E-state index is -0.896. The molecule has 0 unspecified atom stereocenters. The predicted octanol–water partition coefficient (Wildman–Crippen LogP) is 6.63. The highest BCUT2D eigenvalue weighted by molar-refractivity contribution is 6.03. The first kappa shape index (κ1) is 29.3. The number of para-hydroxylation sites is 2. The van der Waals surface area contributed by atoms with Gasteiger partial charge in [-0.3, -0.25) is 0 Å². The molecule has 0 radical (unpaired) electrons. The fourth-order valence-corrected chi connectivity index (χ4v) is 6.24. The predicted molar refractivity (Wildman–Crippen MR) is 159 cm³/mol. The number of nitrogens with zero attached hydrogens (tertiary/aromatic N) is 2. The van der Waals surface area contributed by atoms with E-state index in [9.17, 15) is 23.5 Å². The van der Waals surface area contributed by atoms with Crippen molar-refractivity contribution >= 4 is 34.7 Å². The SMILES string of the molecule is COC(=O)c1ccc(O)c2c1C1(CCN(CC(C)(C)C)CC1)CN2c1ccccc1NC(=O)Nc1ccc(F)cc1F. The number of aromatic hydroxyl groups is 1. The maximum Gasteiger partial charge on any atom is 0.338 e. The highest BCUT2D eigenvalue weighted by Gasteiger charge is 2.49. The summed E-state index contributed by atoms with van der Waals surface area (Å²) >= 11 is 0. The number of anilines is 4. The second kappa shape index (κ2) is 11.2. The fourth-order valence-electron chi connectivity index (χ4n) is 6.24. The first-order valence-electron chi connectivity index (χ1n) is 14.0. The summed E-state index contributed by atoms with van der Waals surface area (Å²) in [6, 6.07) is 12.4. The Morgan fingerprint density at radius 1 is 1.00 bits per heavy atom. The van der Waals surface area contributed by atoms with Crippen molar-refractivity contribution in [2.45, 2.75) is 39.0 Å². The molecule has 0 aromatic heterocycles. The second-order valence-corrected chi connectivity index (χ2v) is 12.3. The number of amides is 2. The fraction of sp³-hybridized carbons (Fsp3) is 0.375. The maximum atomic E-state index is 14.2. The lowest BCUT2D eigenvalue weighted by atomic mass is 9.72. The van der Waals surface area contributed by atoms with Gasteiger partial charge in [0.2, 0.25) is 0 Å². The number of methoxy groups -OCH3 is 1. The summed E-state index contributed by atoms with van der Waals surface area (Å²) in [6.07, 6.45) is 1.53. The van der Waals surface area contributed by atoms with Crippen LogP contribution in [0.25, 0.3) is 0 Å². The normalized spacial score (nSPS) is 16.3. The van der Waals surface area contributed by atoms with Crippen molar-refractivity contribution in [2.75, 3.05) is 48.8 Å². The number of nitrogens with one attached hydrogen (secondary N) is 2. The van der Waals surface area contributed by atoms with Crippen molar-refractivity contribution in [1.29, 1.82) is 0 Å². The molecule has 42 heavy (non-hydrogen) atoms. The molecule has 1 fully saturated rings. The Morgan fingerprint density at radius 2 is 1.69 bits per heavy atom. The first-order valence-corrected chi connectivity index (χ1v) is 14.0. The molecule has 0 aliphatic carbocycles. The van der Waals surface area contributed by atoms with Gasteiger partial charge >= 0.3 is 12.0 Å². The zero-order valence-electron chi connectivity index (χ0n) is 24.3. The summed E-state index contributed by atoms with van der Waals surface area (Å²) in [5, 5.41) is 16.4. The van der Waals surface area contributed by atoms with Crippen molar-refractivity contribution in [3.05, 3.63) is 77.4 Å². The van der Waals surface area contributed by atoms with E-state index < -0.39 is 29.0 Å². The topological polar surface area (TPSA) is 94.1 Å². The number of urea groups is 1. The highest BCUT2D eigenvalue weighted by atomic mass is 19.1. The molecule has 0 bridgehead atoms. The number of hydrogen-bond donors (Lipinski definition) is 3. The zero-order valence-corrected chi connectivity index (χ0v) is 24.3. The van der Waals surface area contributed by atoms with Crippen molar-refractivity contribution in [2.24, 2.45) is 5.41 Å². The third-order valence-corrected chi connectivity index (χ3v) is 7.96. The molecule has 2 heterocycles. The molecule has 1 saturated heterocycles. The van der Waals surface area contributed by atoms with Gasteiger partial charge in [0.1, 0.15) is 17.4 Å². The molecule has 3 N–H and O–H groups in total. The van der Waals surface area contributed by atoms with Crippen LogP contribution in [0.2, 0.25) is 0 Å². The third-order valence-electron chi connectivity index (χ3n) is 7.96. The number of carbonyl (C=O) groups excluding carboxylic acids is 2. The van der Waals surface area contributed by atoms with Crippen LogP contribution in [-0.2, 0) is 10.2 Å². The van der Waals surface area contributed by atoms with Gasteiger partial charge in [0.15, 0.2) is 0 Å². The molecule has 5 rings (SSSR count). The van der Waals surface area contributed by atoms with Gasteiger partial charge in [0.05, 0.1) is 35.4 Å². The molecule has 3 aromatic carbocycles. The van der Waals surface area contributed by atoms with E-state index >= 15 is 0 Å². The summed E-state index contributed by atoms with van der Waals surface area (Å²) in [7, 11) is 1.34. The lowest BCUT2D eigenvalue weighted by molar-refractivity contribution is 0.0595. The van der Waals surface area contributed by atoms with Gasteiger partial charge in [-0.15, -0.1) is 0 Å². The monoisotopic (exact) mass is 578 g/mol. The summed E-state index contributed by atoms with van der Waals surface area (Å²) in [6.45, 7) is 9.70. The molecule has 2 amide bonds. The van der Waals surface area contributed by atoms with Gasteiger partial charge in [-0.1, -0.05) is 32.9 Å². The number of piperidine rings is 1. The number of carbonyl (C=O) groups is 2. The Bertz CT molecular complexity index is 1510. The molecule has 1 spiro atoms. The van der Waals surface area contributed by atoms with Gasteiger partial charge in [-0.05, 0) is 67.7 Å². The molecule has 10 heteroatoms. The number of ether oxygens (including phenoxy) is 1. The van der Waals surface area contributed by atoms with Crippen LogP contribution in [0, 0.1) is 17.0 Å². The summed E-state index contributed by atoms with van der Waals surface area (Å²) in [4.78, 5) is 30.3. The summed E-state index contributed by atoms with van der Waals surface area (Å²) in [5.74, 6) is -2.11. The van der Waals surface area contributed by atoms with Crippen LogP contribution in [0.5, 0.6) is 5.75 Å². The van der Waals surface area contributed by atoms with Gasteiger partial charge in [0.25, 0.3) is 0 Å². The van der Waals surface area contributed by atoms with E-state index in [0.29, 0.717) is 35.2 Å². The van der Waals surface area contributed by atoms with Crippen LogP contribution in [0.3, 0.4) is 0 Å². The number of halogens is 2. The smallest absolute Gasteiger partial charge is 0.338 e. The number of esters is 1. The number of hydrogen-bond acceptors (Lipinski definition) is 6. The minimum Gasteiger partial charge on any atom is -0.506 e. The van der Waals surface area contributed by atoms with E-state index in [2.05, 4.69) is 36.3 Å². The van der Waals surface area contributed by atoms with E-state index in [4.69, 9.17) is 4.74 Å². The molecule has 8 nitrogen and oxygen atoms in total. The first-order chi connectivity index (χ1) is 19.9. The standard InChI is InChI=1S/C32H36F2N4O4/c1-31(2,3)18-37-15-13-32(14-16-37)19-38(28-26(39)12-10-21(27(28)32)29(40)42-4)25-8-6-5-7-24(25)36-30(41)35-23-11-9-20(33)17-22(23)34/h5-12,17,39H,13-16,18-19H2,1-4H3,(H2,35,36,41). The Kier molecular flexibility index (Phi) is 7.85. The Balaban J connectivity index is 1.51. The number of rotatable bonds is 5. The minimum absolute atomic E-state index is 0.0132. The Labute approximate surface area is 244 Å². The van der Waals surface area contributed by atoms with E-state index in [1.54, 1.807) is 18.2 Å². The second-order valence-electron chi connectivity index (χ2n) is 12.3. The molecule has 0 saturated carbocycles. The van der Waals surface area contributed by atoms with Crippen molar-refractivity contribution in [3.8, 4) is 5.75 Å². The van der Waals surface area contributed by atoms with E-state index in [1.165, 1.54) is 13.2 Å². The molecular formula is C32H36F2N4O4. The van der Waals surface area contributed by atoms with Gasteiger partial charge < -0.3 is 30.3 Å². The summed E-state index contributed by atoms with van der Waals surface area (Å²) < 4.78 is 32.7. The van der Waals surface area contributed by atoms with Crippen LogP contribution >= 0.6 is 0 Å². The van der Waals surface area contributed by atoms with Gasteiger partial charge in [0, 0.05) is 30.1 Å². The van der Waals surface area contributed by atoms with E-state index in [1.807, 2.05) is 17.0 Å². The van der Waals surface area contributed by atoms with E-state index in [0.717, 1.165) is 50.2 Å². The van der Waals surface area contributed by atoms with Gasteiger partial charge in [-0.2, -0.15) is 0 Å². The van der Waals surface area contributed by atoms with Crippen LogP contribution in [-0.4, -0.2) is 55.3 Å². The lowest BCUT2D eigenvalue weighted by Crippen LogP contribution is -2.47. The average Bonchev–Trinajstić information content (AvgIpc) is 3.26. The zero-order chi connectivity index (χ0) is 30.2. The molecule has 0 atom stereocenters. The quantitative estimate of drug-likeness (QED) is 0.294. The van der Waals surface area contributed by atoms with Crippen LogP contribution < -0.4 is 15.5 Å². The number of fused-ring (bicyclic) bond motifs is 2. The molecule has 3 aromatic rings. The molecule has 222 valence electrons. The number of benzene rings is 3. The van der Waals surface area contributed by atoms with E-state index in [-0.39, 0.29) is 16.9 Å². The maximum absolute atomic E-state index is 14.2. The average molecular weight is 579 g/mol. The van der Waals surface area contributed by atoms with Crippen LogP contribution in [0.4, 0.5) is 36.3 Å². The molecule has 2 aliphatic heterocycles. The number of phenolic OH excluding ortho intramolecular Hbond substituents is 1. The van der Waals surface area contributed by atoms with Crippen LogP contribution in [0.1, 0.15) is 49.5 Å². The number of likely N-dealkylation sites (tertiary alicyclic amines) is 1. The van der Waals surface area contributed by atoms with Crippen LogP contribution in [0.15, 0.2) is 54.6 Å². The number of phenols is 1. The molecule has 2 aliphatic rings. The Hall–Kier alpha value is -4.18. The van der Waals surface area contributed by atoms with Crippen molar-refractivity contribution in [3.63, 3.8) is 0 Å².